The molecule has 170 valence electrons. The minimum Gasteiger partial charge on any atom is -0.496 e. The SMILES string of the molecule is COc1ccc(Cl)cc1C(=O)N1CC(CCC(=O)N2CCOCC2)C2(CCCCC2)C1. The van der Waals surface area contributed by atoms with Gasteiger partial charge in [-0.2, -0.15) is 0 Å². The van der Waals surface area contributed by atoms with Crippen molar-refractivity contribution >= 4 is 23.4 Å². The summed E-state index contributed by atoms with van der Waals surface area (Å²) in [6, 6.07) is 5.19. The number of hydrogen-bond donors (Lipinski definition) is 0. The maximum Gasteiger partial charge on any atom is 0.257 e. The maximum absolute atomic E-state index is 13.4. The van der Waals surface area contributed by atoms with Gasteiger partial charge in [-0.1, -0.05) is 30.9 Å². The van der Waals surface area contributed by atoms with E-state index in [1.54, 1.807) is 25.3 Å². The Morgan fingerprint density at radius 1 is 1.16 bits per heavy atom. The number of likely N-dealkylation sites (tertiary alicyclic amines) is 1. The highest BCUT2D eigenvalue weighted by molar-refractivity contribution is 6.31. The molecule has 0 N–H and O–H groups in total. The third-order valence-electron chi connectivity index (χ3n) is 7.41. The smallest absolute Gasteiger partial charge is 0.257 e. The van der Waals surface area contributed by atoms with Gasteiger partial charge in [0, 0.05) is 37.6 Å². The molecule has 0 radical (unpaired) electrons. The van der Waals surface area contributed by atoms with E-state index < -0.39 is 0 Å². The highest BCUT2D eigenvalue weighted by Gasteiger charge is 2.48. The standard InChI is InChI=1S/C24H33ClN2O4/c1-30-21-7-6-19(25)15-20(21)23(29)27-16-18(24(17-27)9-3-2-4-10-24)5-8-22(28)26-11-13-31-14-12-26/h6-7,15,18H,2-5,8-14,16-17H2,1H3. The zero-order valence-electron chi connectivity index (χ0n) is 18.4. The van der Waals surface area contributed by atoms with Crippen molar-refractivity contribution in [3.05, 3.63) is 28.8 Å². The van der Waals surface area contributed by atoms with Crippen LogP contribution in [0.1, 0.15) is 55.3 Å². The quantitative estimate of drug-likeness (QED) is 0.682. The van der Waals surface area contributed by atoms with Crippen LogP contribution in [0, 0.1) is 11.3 Å². The van der Waals surface area contributed by atoms with Crippen molar-refractivity contribution in [2.75, 3.05) is 46.5 Å². The predicted molar refractivity (Wildman–Crippen MR) is 120 cm³/mol. The molecular weight excluding hydrogens is 416 g/mol. The van der Waals surface area contributed by atoms with E-state index in [2.05, 4.69) is 0 Å². The second-order valence-electron chi connectivity index (χ2n) is 9.18. The van der Waals surface area contributed by atoms with Crippen LogP contribution >= 0.6 is 11.6 Å². The minimum absolute atomic E-state index is 0.0219. The molecule has 1 unspecified atom stereocenters. The first kappa shape index (κ1) is 22.4. The Labute approximate surface area is 189 Å². The van der Waals surface area contributed by atoms with Gasteiger partial charge in [0.15, 0.2) is 0 Å². The van der Waals surface area contributed by atoms with Crippen LogP contribution in [-0.4, -0.2) is 68.1 Å². The molecular formula is C24H33ClN2O4. The second kappa shape index (κ2) is 9.78. The fraction of sp³-hybridized carbons (Fsp3) is 0.667. The lowest BCUT2D eigenvalue weighted by Gasteiger charge is -2.38. The van der Waals surface area contributed by atoms with Crippen LogP contribution in [0.5, 0.6) is 5.75 Å². The summed E-state index contributed by atoms with van der Waals surface area (Å²) in [6.45, 7) is 4.09. The third-order valence-corrected chi connectivity index (χ3v) is 7.65. The average Bonchev–Trinajstić information content (AvgIpc) is 3.15. The van der Waals surface area contributed by atoms with Crippen LogP contribution in [0.4, 0.5) is 0 Å². The van der Waals surface area contributed by atoms with Gasteiger partial charge in [-0.25, -0.2) is 0 Å². The fourth-order valence-electron chi connectivity index (χ4n) is 5.69. The Morgan fingerprint density at radius 3 is 2.61 bits per heavy atom. The first-order valence-corrected chi connectivity index (χ1v) is 11.9. The van der Waals surface area contributed by atoms with Crippen molar-refractivity contribution in [2.45, 2.75) is 44.9 Å². The molecule has 1 spiro atoms. The largest absolute Gasteiger partial charge is 0.496 e. The summed E-state index contributed by atoms with van der Waals surface area (Å²) in [7, 11) is 1.58. The number of halogens is 1. The number of carbonyl (C=O) groups is 2. The van der Waals surface area contributed by atoms with Crippen LogP contribution in [0.15, 0.2) is 18.2 Å². The van der Waals surface area contributed by atoms with E-state index in [1.807, 2.05) is 9.80 Å². The molecule has 2 amide bonds. The monoisotopic (exact) mass is 448 g/mol. The number of methoxy groups -OCH3 is 1. The van der Waals surface area contributed by atoms with Gasteiger partial charge in [0.05, 0.1) is 25.9 Å². The second-order valence-corrected chi connectivity index (χ2v) is 9.62. The van der Waals surface area contributed by atoms with Gasteiger partial charge in [-0.3, -0.25) is 9.59 Å². The Hall–Kier alpha value is -1.79. The molecule has 1 saturated carbocycles. The summed E-state index contributed by atoms with van der Waals surface area (Å²) in [6.07, 6.45) is 7.34. The van der Waals surface area contributed by atoms with Crippen LogP contribution < -0.4 is 4.74 Å². The van der Waals surface area contributed by atoms with Gasteiger partial charge in [-0.05, 0) is 48.8 Å². The van der Waals surface area contributed by atoms with Crippen molar-refractivity contribution in [3.63, 3.8) is 0 Å². The normalized spacial score (nSPS) is 23.2. The van der Waals surface area contributed by atoms with Gasteiger partial charge in [0.25, 0.3) is 5.91 Å². The van der Waals surface area contributed by atoms with E-state index in [0.717, 1.165) is 25.8 Å². The molecule has 6 nitrogen and oxygen atoms in total. The molecule has 0 bridgehead atoms. The maximum atomic E-state index is 13.4. The molecule has 3 aliphatic rings. The molecule has 0 aromatic heterocycles. The number of rotatable bonds is 5. The lowest BCUT2D eigenvalue weighted by atomic mass is 9.66. The highest BCUT2D eigenvalue weighted by atomic mass is 35.5. The molecule has 3 fully saturated rings. The third kappa shape index (κ3) is 4.85. The summed E-state index contributed by atoms with van der Waals surface area (Å²) in [5, 5.41) is 0.531. The number of amides is 2. The minimum atomic E-state index is -0.0219. The first-order valence-electron chi connectivity index (χ1n) is 11.5. The van der Waals surface area contributed by atoms with Crippen molar-refractivity contribution in [3.8, 4) is 5.75 Å². The predicted octanol–water partition coefficient (Wildman–Crippen LogP) is 4.01. The van der Waals surface area contributed by atoms with E-state index >= 15 is 0 Å². The Balaban J connectivity index is 1.48. The number of nitrogens with zero attached hydrogens (tertiary/aromatic N) is 2. The zero-order valence-corrected chi connectivity index (χ0v) is 19.2. The number of ether oxygens (including phenoxy) is 2. The van der Waals surface area contributed by atoms with Crippen molar-refractivity contribution in [1.82, 2.24) is 9.80 Å². The molecule has 7 heteroatoms. The van der Waals surface area contributed by atoms with Crippen LogP contribution in [0.25, 0.3) is 0 Å². The van der Waals surface area contributed by atoms with Crippen LogP contribution in [0.3, 0.4) is 0 Å². The van der Waals surface area contributed by atoms with E-state index in [0.29, 0.717) is 61.5 Å². The number of carbonyl (C=O) groups excluding carboxylic acids is 2. The van der Waals surface area contributed by atoms with Gasteiger partial charge in [0.1, 0.15) is 5.75 Å². The van der Waals surface area contributed by atoms with Crippen molar-refractivity contribution in [1.29, 1.82) is 0 Å². The summed E-state index contributed by atoms with van der Waals surface area (Å²) in [4.78, 5) is 30.1. The van der Waals surface area contributed by atoms with Gasteiger partial charge < -0.3 is 19.3 Å². The average molecular weight is 449 g/mol. The molecule has 1 aromatic carbocycles. The Bertz CT molecular complexity index is 803. The molecule has 1 atom stereocenters. The van der Waals surface area contributed by atoms with E-state index in [1.165, 1.54) is 19.3 Å². The van der Waals surface area contributed by atoms with Gasteiger partial charge in [0.2, 0.25) is 5.91 Å². The van der Waals surface area contributed by atoms with E-state index in [4.69, 9.17) is 21.1 Å². The lowest BCUT2D eigenvalue weighted by Crippen LogP contribution is -2.41. The van der Waals surface area contributed by atoms with E-state index in [9.17, 15) is 9.59 Å². The van der Waals surface area contributed by atoms with Crippen molar-refractivity contribution < 1.29 is 19.1 Å². The van der Waals surface area contributed by atoms with Crippen LogP contribution in [0.2, 0.25) is 5.02 Å². The van der Waals surface area contributed by atoms with E-state index in [-0.39, 0.29) is 17.2 Å². The molecule has 4 rings (SSSR count). The fourth-order valence-corrected chi connectivity index (χ4v) is 5.87. The number of hydrogen-bond acceptors (Lipinski definition) is 4. The number of morpholine rings is 1. The topological polar surface area (TPSA) is 59.1 Å². The molecule has 1 aliphatic carbocycles. The van der Waals surface area contributed by atoms with Gasteiger partial charge >= 0.3 is 0 Å². The number of benzene rings is 1. The summed E-state index contributed by atoms with van der Waals surface area (Å²) in [5.41, 5.74) is 0.649. The van der Waals surface area contributed by atoms with Crippen molar-refractivity contribution in [2.24, 2.45) is 11.3 Å². The molecule has 31 heavy (non-hydrogen) atoms. The van der Waals surface area contributed by atoms with Gasteiger partial charge in [-0.15, -0.1) is 0 Å². The molecule has 2 heterocycles. The Morgan fingerprint density at radius 2 is 1.90 bits per heavy atom. The molecule has 2 saturated heterocycles. The summed E-state index contributed by atoms with van der Waals surface area (Å²) in [5.74, 6) is 1.10. The lowest BCUT2D eigenvalue weighted by molar-refractivity contribution is -0.135. The van der Waals surface area contributed by atoms with Crippen LogP contribution in [-0.2, 0) is 9.53 Å². The summed E-state index contributed by atoms with van der Waals surface area (Å²) < 4.78 is 10.8. The molecule has 2 aliphatic heterocycles. The summed E-state index contributed by atoms with van der Waals surface area (Å²) >= 11 is 6.18. The zero-order chi connectivity index (χ0) is 21.8. The first-order chi connectivity index (χ1) is 15.0. The highest BCUT2D eigenvalue weighted by Crippen LogP contribution is 2.49. The Kier molecular flexibility index (Phi) is 7.07. The molecule has 1 aromatic rings.